The van der Waals surface area contributed by atoms with Gasteiger partial charge in [-0.05, 0) is 24.6 Å². The third-order valence-electron chi connectivity index (χ3n) is 4.37. The zero-order valence-corrected chi connectivity index (χ0v) is 14.4. The number of ether oxygens (including phenoxy) is 1. The number of rotatable bonds is 4. The molecule has 0 spiro atoms. The maximum Gasteiger partial charge on any atom is 0.455 e. The van der Waals surface area contributed by atoms with Crippen molar-refractivity contribution in [2.24, 2.45) is 0 Å². The van der Waals surface area contributed by atoms with Gasteiger partial charge in [0.05, 0.1) is 12.6 Å². The van der Waals surface area contributed by atoms with Gasteiger partial charge in [-0.25, -0.2) is 13.9 Å². The van der Waals surface area contributed by atoms with E-state index in [0.717, 1.165) is 18.2 Å². The van der Waals surface area contributed by atoms with Crippen LogP contribution in [0.25, 0.3) is 0 Å². The lowest BCUT2D eigenvalue weighted by Crippen LogP contribution is -2.47. The summed E-state index contributed by atoms with van der Waals surface area (Å²) in [7, 11) is 0. The lowest BCUT2D eigenvalue weighted by atomic mass is 9.93. The molecule has 11 heteroatoms. The number of nitrogens with one attached hydrogen (secondary N) is 1. The van der Waals surface area contributed by atoms with E-state index >= 15 is 0 Å². The number of carbonyl (C=O) groups is 1. The van der Waals surface area contributed by atoms with Crippen LogP contribution in [-0.4, -0.2) is 34.5 Å². The molecule has 0 unspecified atom stereocenters. The highest BCUT2D eigenvalue weighted by Gasteiger charge is 2.64. The molecule has 0 fully saturated rings. The van der Waals surface area contributed by atoms with Gasteiger partial charge in [0, 0.05) is 12.5 Å². The molecule has 5 nitrogen and oxygen atoms in total. The molecule has 0 saturated heterocycles. The van der Waals surface area contributed by atoms with Gasteiger partial charge in [-0.3, -0.25) is 0 Å². The van der Waals surface area contributed by atoms with Crippen molar-refractivity contribution in [2.45, 2.75) is 37.5 Å². The summed E-state index contributed by atoms with van der Waals surface area (Å²) in [6, 6.07) is 2.39. The van der Waals surface area contributed by atoms with Crippen LogP contribution in [0.15, 0.2) is 30.3 Å². The monoisotopic (exact) mass is 407 g/mol. The molecule has 0 bridgehead atoms. The SMILES string of the molecule is CCOC(=O)c1cc2n(n1)[C@H](C(F)(F)C(F)(F)F)C[C@H](c1ccc(F)cc1)N2. The molecule has 28 heavy (non-hydrogen) atoms. The van der Waals surface area contributed by atoms with Crippen molar-refractivity contribution in [1.82, 2.24) is 9.78 Å². The smallest absolute Gasteiger partial charge is 0.455 e. The number of fused-ring (bicyclic) bond motifs is 1. The summed E-state index contributed by atoms with van der Waals surface area (Å²) in [5.74, 6) is -6.83. The van der Waals surface area contributed by atoms with Gasteiger partial charge in [0.15, 0.2) is 5.69 Å². The Morgan fingerprint density at radius 3 is 2.46 bits per heavy atom. The van der Waals surface area contributed by atoms with Crippen molar-refractivity contribution in [2.75, 3.05) is 11.9 Å². The Labute approximate surface area is 155 Å². The summed E-state index contributed by atoms with van der Waals surface area (Å²) < 4.78 is 85.8. The Hall–Kier alpha value is -2.72. The van der Waals surface area contributed by atoms with E-state index in [1.165, 1.54) is 19.1 Å². The van der Waals surface area contributed by atoms with Crippen LogP contribution in [0.2, 0.25) is 0 Å². The molecule has 0 amide bonds. The molecule has 2 aromatic rings. The summed E-state index contributed by atoms with van der Waals surface area (Å²) >= 11 is 0. The number of aromatic nitrogens is 2. The van der Waals surface area contributed by atoms with Crippen molar-refractivity contribution < 1.29 is 35.9 Å². The van der Waals surface area contributed by atoms with Crippen LogP contribution in [-0.2, 0) is 4.74 Å². The van der Waals surface area contributed by atoms with Gasteiger partial charge in [0.2, 0.25) is 0 Å². The molecule has 1 N–H and O–H groups in total. The van der Waals surface area contributed by atoms with E-state index in [9.17, 15) is 31.1 Å². The van der Waals surface area contributed by atoms with Crippen LogP contribution in [0.4, 0.5) is 32.2 Å². The molecule has 3 rings (SSSR count). The first-order valence-corrected chi connectivity index (χ1v) is 8.27. The zero-order valence-electron chi connectivity index (χ0n) is 14.4. The minimum Gasteiger partial charge on any atom is -0.461 e. The van der Waals surface area contributed by atoms with Gasteiger partial charge in [0.1, 0.15) is 17.7 Å². The second-order valence-electron chi connectivity index (χ2n) is 6.20. The third kappa shape index (κ3) is 3.52. The lowest BCUT2D eigenvalue weighted by molar-refractivity contribution is -0.301. The van der Waals surface area contributed by atoms with Crippen molar-refractivity contribution in [3.05, 3.63) is 47.4 Å². The zero-order chi connectivity index (χ0) is 20.7. The van der Waals surface area contributed by atoms with E-state index in [2.05, 4.69) is 10.4 Å². The van der Waals surface area contributed by atoms with Gasteiger partial charge >= 0.3 is 18.1 Å². The number of nitrogens with zero attached hydrogens (tertiary/aromatic N) is 2. The maximum atomic E-state index is 14.2. The largest absolute Gasteiger partial charge is 0.461 e. The Kier molecular flexibility index (Phi) is 5.02. The van der Waals surface area contributed by atoms with Crippen molar-refractivity contribution in [3.8, 4) is 0 Å². The van der Waals surface area contributed by atoms with Gasteiger partial charge in [-0.15, -0.1) is 0 Å². The molecule has 1 aromatic heterocycles. The topological polar surface area (TPSA) is 56.2 Å². The molecule has 2 atom stereocenters. The van der Waals surface area contributed by atoms with Gasteiger partial charge < -0.3 is 10.1 Å². The molecular formula is C17H15F6N3O2. The highest BCUT2D eigenvalue weighted by Crippen LogP contribution is 2.50. The molecule has 1 aromatic carbocycles. The Morgan fingerprint density at radius 2 is 1.89 bits per heavy atom. The van der Waals surface area contributed by atoms with Crippen LogP contribution in [0.5, 0.6) is 0 Å². The predicted octanol–water partition coefficient (Wildman–Crippen LogP) is 4.49. The van der Waals surface area contributed by atoms with Crippen LogP contribution in [0.3, 0.4) is 0 Å². The number of hydrogen-bond acceptors (Lipinski definition) is 4. The molecule has 1 aliphatic heterocycles. The first kappa shape index (κ1) is 20.0. The summed E-state index contributed by atoms with van der Waals surface area (Å²) in [6.07, 6.45) is -6.51. The number of esters is 1. The third-order valence-corrected chi connectivity index (χ3v) is 4.37. The summed E-state index contributed by atoms with van der Waals surface area (Å²) in [5, 5.41) is 6.39. The lowest BCUT2D eigenvalue weighted by Gasteiger charge is -2.37. The molecule has 2 heterocycles. The summed E-state index contributed by atoms with van der Waals surface area (Å²) in [6.45, 7) is 1.49. The Balaban J connectivity index is 2.05. The van der Waals surface area contributed by atoms with Gasteiger partial charge in [-0.1, -0.05) is 12.1 Å². The number of carbonyl (C=O) groups excluding carboxylic acids is 1. The van der Waals surface area contributed by atoms with E-state index in [1.54, 1.807) is 0 Å². The molecule has 152 valence electrons. The highest BCUT2D eigenvalue weighted by molar-refractivity contribution is 5.88. The molecule has 0 radical (unpaired) electrons. The molecule has 1 aliphatic rings. The fraction of sp³-hybridized carbons (Fsp3) is 0.412. The van der Waals surface area contributed by atoms with E-state index in [4.69, 9.17) is 4.74 Å². The summed E-state index contributed by atoms with van der Waals surface area (Å²) in [5.41, 5.74) is -0.0819. The highest BCUT2D eigenvalue weighted by atomic mass is 19.4. The second-order valence-corrected chi connectivity index (χ2v) is 6.20. The van der Waals surface area contributed by atoms with Crippen molar-refractivity contribution >= 4 is 11.8 Å². The second kappa shape index (κ2) is 7.02. The van der Waals surface area contributed by atoms with Crippen LogP contribution in [0.1, 0.15) is 41.5 Å². The normalized spacial score (nSPS) is 19.7. The molecular weight excluding hydrogens is 392 g/mol. The minimum atomic E-state index is -5.82. The fourth-order valence-corrected chi connectivity index (χ4v) is 3.01. The number of hydrogen-bond donors (Lipinski definition) is 1. The number of halogens is 6. The quantitative estimate of drug-likeness (QED) is 0.599. The van der Waals surface area contributed by atoms with Crippen LogP contribution >= 0.6 is 0 Å². The van der Waals surface area contributed by atoms with Crippen LogP contribution < -0.4 is 5.32 Å². The van der Waals surface area contributed by atoms with Gasteiger partial charge in [0.25, 0.3) is 0 Å². The first-order valence-electron chi connectivity index (χ1n) is 8.27. The molecule has 0 saturated carbocycles. The van der Waals surface area contributed by atoms with E-state index < -0.39 is 48.1 Å². The van der Waals surface area contributed by atoms with Crippen molar-refractivity contribution in [3.63, 3.8) is 0 Å². The standard InChI is InChI=1S/C17H15F6N3O2/c1-2-28-15(27)12-8-14-24-11(9-3-5-10(18)6-4-9)7-13(26(14)25-12)16(19,20)17(21,22)23/h3-6,8,11,13,24H,2,7H2,1H3/t11-,13+/m1/s1. The minimum absolute atomic E-state index is 0.0190. The number of alkyl halides is 5. The predicted molar refractivity (Wildman–Crippen MR) is 85.6 cm³/mol. The first-order chi connectivity index (χ1) is 13.0. The van der Waals surface area contributed by atoms with Crippen molar-refractivity contribution in [1.29, 1.82) is 0 Å². The average Bonchev–Trinajstić information content (AvgIpc) is 3.05. The maximum absolute atomic E-state index is 14.2. The van der Waals surface area contributed by atoms with Gasteiger partial charge in [-0.2, -0.15) is 27.1 Å². The van der Waals surface area contributed by atoms with Crippen LogP contribution in [0, 0.1) is 5.82 Å². The Morgan fingerprint density at radius 1 is 1.25 bits per heavy atom. The fourth-order valence-electron chi connectivity index (χ4n) is 3.01. The van der Waals surface area contributed by atoms with E-state index in [0.29, 0.717) is 10.2 Å². The Bertz CT molecular complexity index is 863. The van der Waals surface area contributed by atoms with E-state index in [1.807, 2.05) is 0 Å². The average molecular weight is 407 g/mol. The number of benzene rings is 1. The summed E-state index contributed by atoms with van der Waals surface area (Å²) in [4.78, 5) is 11.8. The molecule has 0 aliphatic carbocycles. The number of anilines is 1. The van der Waals surface area contributed by atoms with E-state index in [-0.39, 0.29) is 12.4 Å².